The molecule has 202 valence electrons. The minimum absolute atomic E-state index is 0.0646. The standard InChI is InChI=1S/C30H34F3N3O2/c1-19-15-21(18-35-17-20-3-6-23(7-4-20)27(34)37)5-8-24(19)16-26(28(38)36-25-9-10-25)22-11-13-29(2,14-12-22)30(31,32)33/h3-8,11-13,15-16,19,24-25,35H,9-10,14,17-18H2,1-2H3,(H2,34,37)(H,36,38)/b26-16+. The van der Waals surface area contributed by atoms with Crippen molar-refractivity contribution in [2.75, 3.05) is 6.54 Å². The van der Waals surface area contributed by atoms with Crippen LogP contribution < -0.4 is 16.4 Å². The molecular formula is C30H34F3N3O2. The van der Waals surface area contributed by atoms with E-state index in [1.54, 1.807) is 12.1 Å². The van der Waals surface area contributed by atoms with Gasteiger partial charge in [0.1, 0.15) is 0 Å². The van der Waals surface area contributed by atoms with Crippen LogP contribution in [0, 0.1) is 17.3 Å². The average Bonchev–Trinajstić information content (AvgIpc) is 3.68. The number of primary amides is 1. The molecule has 1 aromatic carbocycles. The Labute approximate surface area is 221 Å². The van der Waals surface area contributed by atoms with E-state index in [1.807, 2.05) is 30.4 Å². The van der Waals surface area contributed by atoms with Gasteiger partial charge in [-0.2, -0.15) is 13.2 Å². The third-order valence-electron chi connectivity index (χ3n) is 7.36. The van der Waals surface area contributed by atoms with E-state index in [1.165, 1.54) is 25.2 Å². The van der Waals surface area contributed by atoms with Gasteiger partial charge >= 0.3 is 6.18 Å². The highest BCUT2D eigenvalue weighted by Gasteiger charge is 2.49. The normalized spacial score (nSPS) is 25.6. The number of rotatable bonds is 9. The third-order valence-corrected chi connectivity index (χ3v) is 7.36. The van der Waals surface area contributed by atoms with E-state index >= 15 is 0 Å². The third kappa shape index (κ3) is 6.72. The van der Waals surface area contributed by atoms with E-state index < -0.39 is 17.5 Å². The van der Waals surface area contributed by atoms with E-state index in [4.69, 9.17) is 5.73 Å². The summed E-state index contributed by atoms with van der Waals surface area (Å²) in [5.41, 5.74) is 6.92. The SMILES string of the molecule is CC1C=C(CNCc2ccc(C(N)=O)cc2)C=CC1/C=C(/C(=O)NC1CC1)C1=CCC(C)(C(F)(F)F)C=C1. The lowest BCUT2D eigenvalue weighted by atomic mass is 9.79. The van der Waals surface area contributed by atoms with Crippen molar-refractivity contribution in [1.82, 2.24) is 10.6 Å². The monoisotopic (exact) mass is 525 g/mol. The molecule has 1 saturated carbocycles. The van der Waals surface area contributed by atoms with Crippen LogP contribution in [0.4, 0.5) is 13.2 Å². The number of nitrogens with two attached hydrogens (primary N) is 1. The van der Waals surface area contributed by atoms with Crippen LogP contribution in [0.5, 0.6) is 0 Å². The van der Waals surface area contributed by atoms with Crippen LogP contribution in [0.15, 0.2) is 83.5 Å². The van der Waals surface area contributed by atoms with Gasteiger partial charge in [-0.1, -0.05) is 61.6 Å². The lowest BCUT2D eigenvalue weighted by Gasteiger charge is -2.31. The molecule has 38 heavy (non-hydrogen) atoms. The van der Waals surface area contributed by atoms with Gasteiger partial charge in [-0.05, 0) is 60.9 Å². The molecule has 5 nitrogen and oxygen atoms in total. The lowest BCUT2D eigenvalue weighted by molar-refractivity contribution is -0.199. The Morgan fingerprint density at radius 2 is 1.84 bits per heavy atom. The minimum Gasteiger partial charge on any atom is -0.366 e. The Balaban J connectivity index is 1.42. The van der Waals surface area contributed by atoms with Gasteiger partial charge in [0.15, 0.2) is 0 Å². The van der Waals surface area contributed by atoms with Crippen LogP contribution in [-0.4, -0.2) is 30.6 Å². The molecule has 4 N–H and O–H groups in total. The first kappa shape index (κ1) is 27.6. The zero-order valence-electron chi connectivity index (χ0n) is 21.6. The molecule has 2 amide bonds. The van der Waals surface area contributed by atoms with Crippen LogP contribution in [-0.2, 0) is 11.3 Å². The Bertz CT molecular complexity index is 1220. The second kappa shape index (κ2) is 11.2. The number of hydrogen-bond acceptors (Lipinski definition) is 3. The van der Waals surface area contributed by atoms with Crippen LogP contribution in [0.2, 0.25) is 0 Å². The molecule has 0 aliphatic heterocycles. The number of alkyl halides is 3. The van der Waals surface area contributed by atoms with E-state index in [9.17, 15) is 22.8 Å². The van der Waals surface area contributed by atoms with Gasteiger partial charge in [-0.15, -0.1) is 0 Å². The van der Waals surface area contributed by atoms with Crippen molar-refractivity contribution in [1.29, 1.82) is 0 Å². The number of carbonyl (C=O) groups excluding carboxylic acids is 2. The first-order valence-corrected chi connectivity index (χ1v) is 12.9. The van der Waals surface area contributed by atoms with Crippen molar-refractivity contribution in [2.24, 2.45) is 23.0 Å². The van der Waals surface area contributed by atoms with Gasteiger partial charge in [0.2, 0.25) is 5.91 Å². The Morgan fingerprint density at radius 1 is 1.13 bits per heavy atom. The summed E-state index contributed by atoms with van der Waals surface area (Å²) >= 11 is 0. The molecule has 1 aromatic rings. The summed E-state index contributed by atoms with van der Waals surface area (Å²) in [6.07, 6.45) is 9.53. The molecule has 3 atom stereocenters. The van der Waals surface area contributed by atoms with Crippen molar-refractivity contribution >= 4 is 11.8 Å². The summed E-state index contributed by atoms with van der Waals surface area (Å²) in [7, 11) is 0. The summed E-state index contributed by atoms with van der Waals surface area (Å²) in [6, 6.07) is 7.28. The fourth-order valence-corrected chi connectivity index (χ4v) is 4.51. The maximum Gasteiger partial charge on any atom is 0.397 e. The summed E-state index contributed by atoms with van der Waals surface area (Å²) in [5, 5.41) is 6.38. The summed E-state index contributed by atoms with van der Waals surface area (Å²) in [5.74, 6) is -0.656. The largest absolute Gasteiger partial charge is 0.397 e. The Kier molecular flexibility index (Phi) is 8.11. The zero-order chi connectivity index (χ0) is 27.5. The molecule has 0 aromatic heterocycles. The highest BCUT2D eigenvalue weighted by Crippen LogP contribution is 2.45. The number of nitrogens with one attached hydrogen (secondary N) is 2. The average molecular weight is 526 g/mol. The first-order valence-electron chi connectivity index (χ1n) is 12.9. The van der Waals surface area contributed by atoms with Crippen molar-refractivity contribution in [3.8, 4) is 0 Å². The van der Waals surface area contributed by atoms with Crippen LogP contribution in [0.1, 0.15) is 49.0 Å². The number of benzene rings is 1. The van der Waals surface area contributed by atoms with E-state index in [0.29, 0.717) is 29.8 Å². The topological polar surface area (TPSA) is 84.2 Å². The highest BCUT2D eigenvalue weighted by atomic mass is 19.4. The minimum atomic E-state index is -4.35. The molecule has 3 unspecified atom stereocenters. The van der Waals surface area contributed by atoms with Gasteiger partial charge in [-0.25, -0.2) is 0 Å². The molecule has 0 radical (unpaired) electrons. The predicted octanol–water partition coefficient (Wildman–Crippen LogP) is 5.28. The smallest absolute Gasteiger partial charge is 0.366 e. The number of hydrogen-bond donors (Lipinski definition) is 3. The van der Waals surface area contributed by atoms with Crippen molar-refractivity contribution < 1.29 is 22.8 Å². The molecule has 4 rings (SSSR count). The van der Waals surface area contributed by atoms with E-state index in [2.05, 4.69) is 23.6 Å². The molecule has 3 aliphatic carbocycles. The van der Waals surface area contributed by atoms with Gasteiger partial charge in [0.05, 0.1) is 5.41 Å². The number of halogens is 3. The summed E-state index contributed by atoms with van der Waals surface area (Å²) in [6.45, 7) is 4.51. The molecule has 8 heteroatoms. The molecule has 0 heterocycles. The fraction of sp³-hybridized carbons (Fsp3) is 0.400. The molecular weight excluding hydrogens is 491 g/mol. The van der Waals surface area contributed by atoms with Gasteiger partial charge in [-0.3, -0.25) is 9.59 Å². The second-order valence-electron chi connectivity index (χ2n) is 10.6. The van der Waals surface area contributed by atoms with E-state index in [-0.39, 0.29) is 30.2 Å². The lowest BCUT2D eigenvalue weighted by Crippen LogP contribution is -2.34. The number of allylic oxidation sites excluding steroid dienone is 6. The van der Waals surface area contributed by atoms with Crippen LogP contribution in [0.3, 0.4) is 0 Å². The van der Waals surface area contributed by atoms with Crippen LogP contribution >= 0.6 is 0 Å². The van der Waals surface area contributed by atoms with Crippen molar-refractivity contribution in [2.45, 2.75) is 51.9 Å². The van der Waals surface area contributed by atoms with E-state index in [0.717, 1.165) is 24.0 Å². The maximum absolute atomic E-state index is 13.5. The molecule has 0 saturated heterocycles. The van der Waals surface area contributed by atoms with Gasteiger partial charge in [0, 0.05) is 36.2 Å². The Hall–Kier alpha value is -3.39. The van der Waals surface area contributed by atoms with Crippen LogP contribution in [0.25, 0.3) is 0 Å². The number of amides is 2. The first-order chi connectivity index (χ1) is 17.9. The predicted molar refractivity (Wildman–Crippen MR) is 142 cm³/mol. The fourth-order valence-electron chi connectivity index (χ4n) is 4.51. The zero-order valence-corrected chi connectivity index (χ0v) is 21.6. The quantitative estimate of drug-likeness (QED) is 0.384. The van der Waals surface area contributed by atoms with Gasteiger partial charge in [0.25, 0.3) is 5.91 Å². The summed E-state index contributed by atoms with van der Waals surface area (Å²) in [4.78, 5) is 24.3. The summed E-state index contributed by atoms with van der Waals surface area (Å²) < 4.78 is 40.4. The molecule has 1 fully saturated rings. The van der Waals surface area contributed by atoms with Crippen molar-refractivity contribution in [3.05, 3.63) is 94.6 Å². The molecule has 0 bridgehead atoms. The van der Waals surface area contributed by atoms with Gasteiger partial charge < -0.3 is 16.4 Å². The molecule has 3 aliphatic rings. The highest BCUT2D eigenvalue weighted by molar-refractivity contribution is 5.99. The second-order valence-corrected chi connectivity index (χ2v) is 10.6. The van der Waals surface area contributed by atoms with Crippen molar-refractivity contribution in [3.63, 3.8) is 0 Å². The number of carbonyl (C=O) groups is 2. The maximum atomic E-state index is 13.5. The Morgan fingerprint density at radius 3 is 2.39 bits per heavy atom. The molecule has 0 spiro atoms.